The predicted octanol–water partition coefficient (Wildman–Crippen LogP) is 4.59. The Morgan fingerprint density at radius 3 is 2.55 bits per heavy atom. The molecule has 1 atom stereocenters. The number of hydrogen-bond acceptors (Lipinski definition) is 2. The van der Waals surface area contributed by atoms with Gasteiger partial charge in [-0.15, -0.1) is 0 Å². The van der Waals surface area contributed by atoms with Crippen LogP contribution in [0.5, 0.6) is 0 Å². The molecule has 1 heterocycles. The minimum Gasteiger partial charge on any atom is -0.366 e. The molecule has 3 nitrogen and oxygen atoms in total. The normalized spacial score (nSPS) is 13.4. The van der Waals surface area contributed by atoms with Gasteiger partial charge in [-0.05, 0) is 43.2 Å². The lowest BCUT2D eigenvalue weighted by molar-refractivity contribution is -0.0686. The lowest BCUT2D eigenvalue weighted by atomic mass is 10.0. The molecule has 0 bridgehead atoms. The zero-order valence-electron chi connectivity index (χ0n) is 13.4. The molecule has 22 heavy (non-hydrogen) atoms. The third-order valence-corrected chi connectivity index (χ3v) is 3.58. The van der Waals surface area contributed by atoms with E-state index in [4.69, 9.17) is 4.74 Å². The van der Waals surface area contributed by atoms with Crippen LogP contribution in [-0.4, -0.2) is 15.2 Å². The van der Waals surface area contributed by atoms with Crippen molar-refractivity contribution in [1.82, 2.24) is 9.55 Å². The Morgan fingerprint density at radius 1 is 1.09 bits per heavy atom. The maximum atomic E-state index is 6.30. The number of aromatic nitrogens is 2. The summed E-state index contributed by atoms with van der Waals surface area (Å²) in [5.74, 6) is 0. The van der Waals surface area contributed by atoms with E-state index < -0.39 is 0 Å². The van der Waals surface area contributed by atoms with Crippen LogP contribution in [0.3, 0.4) is 0 Å². The minimum absolute atomic E-state index is 0.00111. The van der Waals surface area contributed by atoms with Gasteiger partial charge in [0.05, 0.1) is 18.5 Å². The molecule has 3 heteroatoms. The molecule has 0 aliphatic heterocycles. The van der Waals surface area contributed by atoms with Crippen molar-refractivity contribution in [2.24, 2.45) is 0 Å². The van der Waals surface area contributed by atoms with Crippen molar-refractivity contribution in [3.63, 3.8) is 0 Å². The van der Waals surface area contributed by atoms with Crippen molar-refractivity contribution in [2.45, 2.75) is 39.0 Å². The first-order valence-electron chi connectivity index (χ1n) is 7.63. The highest BCUT2D eigenvalue weighted by Crippen LogP contribution is 2.28. The summed E-state index contributed by atoms with van der Waals surface area (Å²) in [5.41, 5.74) is 0.999. The Morgan fingerprint density at radius 2 is 1.86 bits per heavy atom. The van der Waals surface area contributed by atoms with Gasteiger partial charge in [0.1, 0.15) is 6.10 Å². The molecule has 0 radical (unpaired) electrons. The average Bonchev–Trinajstić information content (AvgIpc) is 2.98. The van der Waals surface area contributed by atoms with Crippen LogP contribution in [0.25, 0.3) is 10.8 Å². The Hall–Kier alpha value is -2.13. The number of ether oxygens (including phenoxy) is 1. The molecule has 0 aliphatic rings. The molecule has 3 rings (SSSR count). The van der Waals surface area contributed by atoms with Crippen LogP contribution >= 0.6 is 0 Å². The molecule has 0 saturated heterocycles. The lowest BCUT2D eigenvalue weighted by Gasteiger charge is -2.28. The van der Waals surface area contributed by atoms with Gasteiger partial charge < -0.3 is 9.30 Å². The van der Waals surface area contributed by atoms with Gasteiger partial charge in [-0.25, -0.2) is 4.98 Å². The molecule has 2 aromatic carbocycles. The van der Waals surface area contributed by atoms with Crippen LogP contribution in [0.4, 0.5) is 0 Å². The smallest absolute Gasteiger partial charge is 0.101 e. The molecule has 1 aromatic heterocycles. The van der Waals surface area contributed by atoms with Gasteiger partial charge in [-0.2, -0.15) is 0 Å². The molecular weight excluding hydrogens is 272 g/mol. The number of nitrogens with zero attached hydrogens (tertiary/aromatic N) is 2. The Kier molecular flexibility index (Phi) is 3.99. The average molecular weight is 294 g/mol. The number of imidazole rings is 1. The Bertz CT molecular complexity index is 741. The third-order valence-electron chi connectivity index (χ3n) is 3.58. The van der Waals surface area contributed by atoms with E-state index in [1.807, 2.05) is 12.5 Å². The van der Waals surface area contributed by atoms with Crippen molar-refractivity contribution in [3.05, 3.63) is 66.7 Å². The number of benzene rings is 2. The second-order valence-electron chi connectivity index (χ2n) is 6.58. The summed E-state index contributed by atoms with van der Waals surface area (Å²) < 4.78 is 8.36. The van der Waals surface area contributed by atoms with Crippen molar-refractivity contribution in [2.75, 3.05) is 0 Å². The Labute approximate surface area is 131 Å². The summed E-state index contributed by atoms with van der Waals surface area (Å²) in [6.45, 7) is 7.04. The maximum absolute atomic E-state index is 6.30. The van der Waals surface area contributed by atoms with Gasteiger partial charge in [-0.1, -0.05) is 36.4 Å². The fourth-order valence-corrected chi connectivity index (χ4v) is 2.63. The molecule has 0 aliphatic carbocycles. The molecule has 0 N–H and O–H groups in total. The van der Waals surface area contributed by atoms with Crippen molar-refractivity contribution < 1.29 is 4.74 Å². The summed E-state index contributed by atoms with van der Waals surface area (Å²) in [6.07, 6.45) is 5.60. The monoisotopic (exact) mass is 294 g/mol. The van der Waals surface area contributed by atoms with Crippen LogP contribution in [0.1, 0.15) is 32.4 Å². The minimum atomic E-state index is -0.198. The van der Waals surface area contributed by atoms with Gasteiger partial charge in [0.25, 0.3) is 0 Å². The van der Waals surface area contributed by atoms with Gasteiger partial charge in [0.2, 0.25) is 0 Å². The summed E-state index contributed by atoms with van der Waals surface area (Å²) in [7, 11) is 0. The zero-order valence-corrected chi connectivity index (χ0v) is 13.4. The van der Waals surface area contributed by atoms with Crippen LogP contribution in [-0.2, 0) is 11.3 Å². The number of fused-ring (bicyclic) bond motifs is 1. The first-order valence-corrected chi connectivity index (χ1v) is 7.63. The van der Waals surface area contributed by atoms with Gasteiger partial charge >= 0.3 is 0 Å². The third kappa shape index (κ3) is 3.55. The van der Waals surface area contributed by atoms with Gasteiger partial charge in [0, 0.05) is 12.4 Å². The Balaban J connectivity index is 1.95. The van der Waals surface area contributed by atoms with Crippen molar-refractivity contribution in [3.8, 4) is 0 Å². The maximum Gasteiger partial charge on any atom is 0.101 e. The lowest BCUT2D eigenvalue weighted by Crippen LogP contribution is -2.25. The summed E-state index contributed by atoms with van der Waals surface area (Å²) in [4.78, 5) is 4.12. The van der Waals surface area contributed by atoms with Crippen LogP contribution in [0, 0.1) is 0 Å². The molecular formula is C19H22N2O. The summed E-state index contributed by atoms with van der Waals surface area (Å²) in [6, 6.07) is 15.0. The number of hydrogen-bond donors (Lipinski definition) is 0. The summed E-state index contributed by atoms with van der Waals surface area (Å²) >= 11 is 0. The van der Waals surface area contributed by atoms with E-state index in [-0.39, 0.29) is 11.7 Å². The van der Waals surface area contributed by atoms with E-state index in [0.29, 0.717) is 0 Å². The number of rotatable bonds is 4. The fourth-order valence-electron chi connectivity index (χ4n) is 2.63. The van der Waals surface area contributed by atoms with E-state index in [2.05, 4.69) is 72.8 Å². The highest BCUT2D eigenvalue weighted by atomic mass is 16.5. The second kappa shape index (κ2) is 5.93. The molecule has 0 spiro atoms. The quantitative estimate of drug-likeness (QED) is 0.703. The first-order chi connectivity index (χ1) is 10.5. The molecule has 0 amide bonds. The first kappa shape index (κ1) is 14.8. The summed E-state index contributed by atoms with van der Waals surface area (Å²) in [5, 5.41) is 2.50. The zero-order chi connectivity index (χ0) is 15.6. The van der Waals surface area contributed by atoms with E-state index in [0.717, 1.165) is 6.54 Å². The van der Waals surface area contributed by atoms with Crippen molar-refractivity contribution in [1.29, 1.82) is 0 Å². The molecule has 1 unspecified atom stereocenters. The fraction of sp³-hybridized carbons (Fsp3) is 0.316. The van der Waals surface area contributed by atoms with E-state index >= 15 is 0 Å². The largest absolute Gasteiger partial charge is 0.366 e. The van der Waals surface area contributed by atoms with Gasteiger partial charge in [0.15, 0.2) is 0 Å². The van der Waals surface area contributed by atoms with Crippen molar-refractivity contribution >= 4 is 10.8 Å². The van der Waals surface area contributed by atoms with Crippen LogP contribution in [0.2, 0.25) is 0 Å². The van der Waals surface area contributed by atoms with Crippen LogP contribution < -0.4 is 0 Å². The molecule has 3 aromatic rings. The second-order valence-corrected chi connectivity index (χ2v) is 6.58. The topological polar surface area (TPSA) is 27.1 Å². The van der Waals surface area contributed by atoms with Crippen LogP contribution in [0.15, 0.2) is 61.2 Å². The molecule has 114 valence electrons. The SMILES string of the molecule is CC(C)(C)OC(Cn1ccnc1)c1ccc2ccccc2c1. The standard InChI is InChI=1S/C19H22N2O/c1-19(2,3)22-18(13-21-11-10-20-14-21)17-9-8-15-6-4-5-7-16(15)12-17/h4-12,14,18H,13H2,1-3H3. The van der Waals surface area contributed by atoms with E-state index in [1.54, 1.807) is 6.20 Å². The predicted molar refractivity (Wildman–Crippen MR) is 89.8 cm³/mol. The molecule has 0 saturated carbocycles. The molecule has 0 fully saturated rings. The van der Waals surface area contributed by atoms with Gasteiger partial charge in [-0.3, -0.25) is 0 Å². The highest BCUT2D eigenvalue weighted by Gasteiger charge is 2.21. The van der Waals surface area contributed by atoms with E-state index in [1.165, 1.54) is 16.3 Å². The highest BCUT2D eigenvalue weighted by molar-refractivity contribution is 5.83. The van der Waals surface area contributed by atoms with E-state index in [9.17, 15) is 0 Å².